The number of nitrogens with one attached hydrogen (secondary N) is 1. The normalized spacial score (nSPS) is 14.9. The molecule has 4 nitrogen and oxygen atoms in total. The molecule has 0 unspecified atom stereocenters. The molecule has 0 radical (unpaired) electrons. The Morgan fingerprint density at radius 2 is 1.74 bits per heavy atom. The summed E-state index contributed by atoms with van der Waals surface area (Å²) in [5, 5.41) is 1.67. The van der Waals surface area contributed by atoms with Crippen LogP contribution in [0.15, 0.2) is 63.3 Å². The molecule has 1 aliphatic rings. The molecule has 1 heterocycles. The number of hydrogen-bond acceptors (Lipinski definition) is 4. The van der Waals surface area contributed by atoms with Gasteiger partial charge in [-0.1, -0.05) is 41.9 Å². The summed E-state index contributed by atoms with van der Waals surface area (Å²) in [6.07, 6.45) is 4.77. The van der Waals surface area contributed by atoms with Gasteiger partial charge in [0.2, 0.25) is 0 Å². The number of imidazole rings is 1. The summed E-state index contributed by atoms with van der Waals surface area (Å²) in [5.41, 5.74) is 1.76. The van der Waals surface area contributed by atoms with E-state index in [9.17, 15) is 8.42 Å². The molecule has 1 aromatic heterocycles. The third-order valence-corrected chi connectivity index (χ3v) is 7.16. The Balaban J connectivity index is 1.71. The van der Waals surface area contributed by atoms with E-state index in [-0.39, 0.29) is 0 Å². The standard InChI is InChI=1S/C20H19ClN2O2S2/c1-27(24,25)17-11-5-13(6-12-17)18-20(23-19(22-18)14-3-2-4-14)26-16-9-7-15(21)8-10-16/h5-12,14H,2-4H2,1H3,(H,22,23). The van der Waals surface area contributed by atoms with Crippen molar-refractivity contribution in [3.05, 3.63) is 59.4 Å². The van der Waals surface area contributed by atoms with E-state index in [0.29, 0.717) is 15.8 Å². The van der Waals surface area contributed by atoms with Gasteiger partial charge in [0.05, 0.1) is 4.90 Å². The lowest BCUT2D eigenvalue weighted by Crippen LogP contribution is -2.10. The molecule has 1 aliphatic carbocycles. The number of H-pyrrole nitrogens is 1. The second kappa shape index (κ2) is 7.34. The van der Waals surface area contributed by atoms with E-state index >= 15 is 0 Å². The van der Waals surface area contributed by atoms with Crippen LogP contribution in [0, 0.1) is 0 Å². The number of sulfone groups is 1. The van der Waals surface area contributed by atoms with E-state index < -0.39 is 9.84 Å². The fourth-order valence-corrected chi connectivity index (χ4v) is 4.68. The third kappa shape index (κ3) is 4.08. The maximum atomic E-state index is 11.7. The topological polar surface area (TPSA) is 62.8 Å². The van der Waals surface area contributed by atoms with Gasteiger partial charge >= 0.3 is 0 Å². The Bertz CT molecular complexity index is 1050. The van der Waals surface area contributed by atoms with Crippen molar-refractivity contribution >= 4 is 33.2 Å². The van der Waals surface area contributed by atoms with Gasteiger partial charge in [-0.3, -0.25) is 0 Å². The van der Waals surface area contributed by atoms with Crippen LogP contribution in [0.1, 0.15) is 31.0 Å². The lowest BCUT2D eigenvalue weighted by Gasteiger charge is -2.22. The summed E-state index contributed by atoms with van der Waals surface area (Å²) in [5.74, 6) is 1.50. The lowest BCUT2D eigenvalue weighted by atomic mass is 9.85. The van der Waals surface area contributed by atoms with Gasteiger partial charge in [-0.05, 0) is 49.2 Å². The maximum Gasteiger partial charge on any atom is 0.175 e. The first-order chi connectivity index (χ1) is 12.9. The fourth-order valence-electron chi connectivity index (χ4n) is 3.00. The van der Waals surface area contributed by atoms with Crippen molar-refractivity contribution in [3.63, 3.8) is 0 Å². The third-order valence-electron chi connectivity index (χ3n) is 4.77. The molecule has 0 amide bonds. The zero-order chi connectivity index (χ0) is 19.0. The van der Waals surface area contributed by atoms with Crippen LogP contribution in [0.25, 0.3) is 11.3 Å². The van der Waals surface area contributed by atoms with E-state index in [1.165, 1.54) is 12.7 Å². The molecule has 0 aliphatic heterocycles. The van der Waals surface area contributed by atoms with Crippen molar-refractivity contribution in [3.8, 4) is 11.3 Å². The van der Waals surface area contributed by atoms with Crippen LogP contribution >= 0.6 is 23.4 Å². The molecule has 0 bridgehead atoms. The van der Waals surface area contributed by atoms with Crippen LogP contribution in [-0.2, 0) is 9.84 Å². The Kier molecular flexibility index (Phi) is 5.05. The Morgan fingerprint density at radius 1 is 1.07 bits per heavy atom. The SMILES string of the molecule is CS(=O)(=O)c1ccc(-c2nc(C3CCC3)[nH]c2Sc2ccc(Cl)cc2)cc1. The molecule has 0 saturated heterocycles. The maximum absolute atomic E-state index is 11.7. The predicted octanol–water partition coefficient (Wildman–Crippen LogP) is 5.55. The Hall–Kier alpha value is -1.76. The molecule has 0 spiro atoms. The van der Waals surface area contributed by atoms with Gasteiger partial charge in [-0.2, -0.15) is 0 Å². The van der Waals surface area contributed by atoms with Gasteiger partial charge < -0.3 is 4.98 Å². The molecule has 3 aromatic rings. The van der Waals surface area contributed by atoms with E-state index in [1.54, 1.807) is 23.9 Å². The smallest absolute Gasteiger partial charge is 0.175 e. The van der Waals surface area contributed by atoms with Crippen LogP contribution in [-0.4, -0.2) is 24.6 Å². The summed E-state index contributed by atoms with van der Waals surface area (Å²) >= 11 is 7.59. The van der Waals surface area contributed by atoms with E-state index in [4.69, 9.17) is 16.6 Å². The second-order valence-corrected chi connectivity index (χ2v) is 10.3. The molecule has 27 heavy (non-hydrogen) atoms. The molecule has 0 atom stereocenters. The molecule has 1 fully saturated rings. The molecule has 2 aromatic carbocycles. The molecule has 1 N–H and O–H groups in total. The molecule has 7 heteroatoms. The van der Waals surface area contributed by atoms with Crippen molar-refractivity contribution < 1.29 is 8.42 Å². The minimum atomic E-state index is -3.21. The number of nitrogens with zero attached hydrogens (tertiary/aromatic N) is 1. The number of halogens is 1. The van der Waals surface area contributed by atoms with Crippen LogP contribution in [0.2, 0.25) is 5.02 Å². The fraction of sp³-hybridized carbons (Fsp3) is 0.250. The van der Waals surface area contributed by atoms with Crippen LogP contribution < -0.4 is 0 Å². The highest BCUT2D eigenvalue weighted by Crippen LogP contribution is 2.40. The summed E-state index contributed by atoms with van der Waals surface area (Å²) in [6.45, 7) is 0. The first-order valence-corrected chi connectivity index (χ1v) is 11.8. The summed E-state index contributed by atoms with van der Waals surface area (Å²) < 4.78 is 23.4. The Labute approximate surface area is 168 Å². The quantitative estimate of drug-likeness (QED) is 0.589. The highest BCUT2D eigenvalue weighted by atomic mass is 35.5. The van der Waals surface area contributed by atoms with Crippen LogP contribution in [0.4, 0.5) is 0 Å². The monoisotopic (exact) mass is 418 g/mol. The van der Waals surface area contributed by atoms with E-state index in [0.717, 1.165) is 39.8 Å². The molecular weight excluding hydrogens is 400 g/mol. The highest BCUT2D eigenvalue weighted by molar-refractivity contribution is 7.99. The number of aromatic amines is 1. The molecular formula is C20H19ClN2O2S2. The van der Waals surface area contributed by atoms with Gasteiger partial charge in [-0.15, -0.1) is 0 Å². The van der Waals surface area contributed by atoms with Gasteiger partial charge in [0.15, 0.2) is 9.84 Å². The number of rotatable bonds is 5. The van der Waals surface area contributed by atoms with E-state index in [2.05, 4.69) is 4.98 Å². The molecule has 1 saturated carbocycles. The zero-order valence-corrected chi connectivity index (χ0v) is 17.2. The van der Waals surface area contributed by atoms with Gasteiger partial charge in [-0.25, -0.2) is 13.4 Å². The average Bonchev–Trinajstić information content (AvgIpc) is 2.98. The first kappa shape index (κ1) is 18.6. The van der Waals surface area contributed by atoms with Crippen molar-refractivity contribution in [2.75, 3.05) is 6.26 Å². The van der Waals surface area contributed by atoms with Crippen molar-refractivity contribution in [2.24, 2.45) is 0 Å². The molecule has 140 valence electrons. The molecule has 4 rings (SSSR count). The van der Waals surface area contributed by atoms with Crippen LogP contribution in [0.5, 0.6) is 0 Å². The number of hydrogen-bond donors (Lipinski definition) is 1. The van der Waals surface area contributed by atoms with Crippen molar-refractivity contribution in [2.45, 2.75) is 40.0 Å². The lowest BCUT2D eigenvalue weighted by molar-refractivity contribution is 0.403. The van der Waals surface area contributed by atoms with Gasteiger partial charge in [0.1, 0.15) is 16.5 Å². The summed E-state index contributed by atoms with van der Waals surface area (Å²) in [7, 11) is -3.21. The Morgan fingerprint density at radius 3 is 2.30 bits per heavy atom. The first-order valence-electron chi connectivity index (χ1n) is 8.74. The van der Waals surface area contributed by atoms with Crippen molar-refractivity contribution in [1.82, 2.24) is 9.97 Å². The van der Waals surface area contributed by atoms with Gasteiger partial charge in [0.25, 0.3) is 0 Å². The van der Waals surface area contributed by atoms with Crippen LogP contribution in [0.3, 0.4) is 0 Å². The predicted molar refractivity (Wildman–Crippen MR) is 109 cm³/mol. The van der Waals surface area contributed by atoms with Gasteiger partial charge in [0, 0.05) is 27.7 Å². The second-order valence-electron chi connectivity index (χ2n) is 6.78. The minimum Gasteiger partial charge on any atom is -0.336 e. The van der Waals surface area contributed by atoms with E-state index in [1.807, 2.05) is 36.4 Å². The largest absolute Gasteiger partial charge is 0.336 e. The van der Waals surface area contributed by atoms with Crippen molar-refractivity contribution in [1.29, 1.82) is 0 Å². The zero-order valence-electron chi connectivity index (χ0n) is 14.8. The average molecular weight is 419 g/mol. The summed E-state index contributed by atoms with van der Waals surface area (Å²) in [6, 6.07) is 14.6. The number of benzene rings is 2. The minimum absolute atomic E-state index is 0.313. The number of aromatic nitrogens is 2. The highest BCUT2D eigenvalue weighted by Gasteiger charge is 2.25. The summed E-state index contributed by atoms with van der Waals surface area (Å²) in [4.78, 5) is 9.73.